The van der Waals surface area contributed by atoms with Gasteiger partial charge in [-0.1, -0.05) is 6.07 Å². The molecule has 98 valence electrons. The maximum absolute atomic E-state index is 6.39. The van der Waals surface area contributed by atoms with E-state index in [9.17, 15) is 0 Å². The van der Waals surface area contributed by atoms with Crippen LogP contribution in [0.1, 0.15) is 31.7 Å². The minimum Gasteiger partial charge on any atom is -0.487 e. The van der Waals surface area contributed by atoms with Crippen LogP contribution in [0.5, 0.6) is 5.75 Å². The topological polar surface area (TPSA) is 21.3 Å². The maximum Gasteiger partial charge on any atom is 0.125 e. The van der Waals surface area contributed by atoms with Crippen LogP contribution >= 0.6 is 11.8 Å². The van der Waals surface area contributed by atoms with Crippen LogP contribution in [0.15, 0.2) is 18.2 Å². The van der Waals surface area contributed by atoms with Crippen LogP contribution in [-0.2, 0) is 6.42 Å². The van der Waals surface area contributed by atoms with Gasteiger partial charge in [0.15, 0.2) is 0 Å². The molecule has 2 nitrogen and oxygen atoms in total. The molecule has 1 fully saturated rings. The lowest BCUT2D eigenvalue weighted by Crippen LogP contribution is -2.36. The second-order valence-electron chi connectivity index (χ2n) is 5.48. The van der Waals surface area contributed by atoms with Crippen LogP contribution in [0.3, 0.4) is 0 Å². The van der Waals surface area contributed by atoms with Gasteiger partial charge in [-0.15, -0.1) is 0 Å². The lowest BCUT2D eigenvalue weighted by atomic mass is 9.97. The Morgan fingerprint density at radius 1 is 1.28 bits per heavy atom. The third-order valence-corrected chi connectivity index (χ3v) is 4.94. The van der Waals surface area contributed by atoms with Crippen LogP contribution in [0.4, 0.5) is 5.69 Å². The molecule has 1 N–H and O–H groups in total. The molecular formula is C15H21NOS. The van der Waals surface area contributed by atoms with Crippen LogP contribution in [0.2, 0.25) is 0 Å². The van der Waals surface area contributed by atoms with Gasteiger partial charge in [-0.2, -0.15) is 11.8 Å². The average molecular weight is 263 g/mol. The minimum atomic E-state index is 0.0395. The van der Waals surface area contributed by atoms with Crippen molar-refractivity contribution in [2.45, 2.75) is 38.2 Å². The number of ether oxygens (including phenoxy) is 1. The molecule has 0 radical (unpaired) electrons. The number of thioether (sulfide) groups is 1. The number of nitrogens with one attached hydrogen (secondary N) is 1. The summed E-state index contributed by atoms with van der Waals surface area (Å²) in [5.41, 5.74) is 2.69. The normalized spacial score (nSPS) is 21.8. The van der Waals surface area contributed by atoms with Gasteiger partial charge in [0, 0.05) is 17.8 Å². The first-order valence-electron chi connectivity index (χ1n) is 6.89. The highest BCUT2D eigenvalue weighted by Crippen LogP contribution is 2.36. The summed E-state index contributed by atoms with van der Waals surface area (Å²) in [5.74, 6) is 3.56. The molecule has 3 rings (SSSR count). The highest BCUT2D eigenvalue weighted by Gasteiger charge is 2.30. The molecule has 1 aromatic carbocycles. The van der Waals surface area contributed by atoms with Crippen molar-refractivity contribution in [3.8, 4) is 5.75 Å². The van der Waals surface area contributed by atoms with Gasteiger partial charge in [-0.3, -0.25) is 0 Å². The highest BCUT2D eigenvalue weighted by atomic mass is 32.2. The Hall–Kier alpha value is -0.830. The Labute approximate surface area is 113 Å². The van der Waals surface area contributed by atoms with Gasteiger partial charge in [-0.25, -0.2) is 0 Å². The molecule has 1 aromatic rings. The standard InChI is InChI=1S/C15H21NOS/c1-15(7-10-18-11-8-15)17-14-6-2-5-13-12(14)4-3-9-16-13/h2,5-6,16H,3-4,7-11H2,1H3. The third kappa shape index (κ3) is 2.46. The maximum atomic E-state index is 6.39. The van der Waals surface area contributed by atoms with Crippen LogP contribution in [0, 0.1) is 0 Å². The molecule has 2 aliphatic rings. The van der Waals surface area contributed by atoms with E-state index in [1.54, 1.807) is 0 Å². The van der Waals surface area contributed by atoms with Crippen molar-refractivity contribution in [1.82, 2.24) is 0 Å². The Kier molecular flexibility index (Phi) is 3.42. The van der Waals surface area contributed by atoms with Crippen molar-refractivity contribution >= 4 is 17.4 Å². The summed E-state index contributed by atoms with van der Waals surface area (Å²) in [6.45, 7) is 3.35. The lowest BCUT2D eigenvalue weighted by Gasteiger charge is -2.35. The largest absolute Gasteiger partial charge is 0.487 e. The second kappa shape index (κ2) is 5.04. The van der Waals surface area contributed by atoms with Gasteiger partial charge in [-0.05, 0) is 56.2 Å². The van der Waals surface area contributed by atoms with Crippen molar-refractivity contribution in [1.29, 1.82) is 0 Å². The summed E-state index contributed by atoms with van der Waals surface area (Å²) in [7, 11) is 0. The van der Waals surface area contributed by atoms with Crippen LogP contribution in [-0.4, -0.2) is 23.7 Å². The number of rotatable bonds is 2. The summed E-state index contributed by atoms with van der Waals surface area (Å²) < 4.78 is 6.39. The monoisotopic (exact) mass is 263 g/mol. The number of fused-ring (bicyclic) bond motifs is 1. The van der Waals surface area contributed by atoms with E-state index < -0.39 is 0 Å². The van der Waals surface area contributed by atoms with E-state index in [4.69, 9.17) is 4.74 Å². The molecule has 18 heavy (non-hydrogen) atoms. The van der Waals surface area contributed by atoms with Gasteiger partial charge in [0.2, 0.25) is 0 Å². The molecule has 2 aliphatic heterocycles. The lowest BCUT2D eigenvalue weighted by molar-refractivity contribution is 0.0787. The quantitative estimate of drug-likeness (QED) is 0.879. The molecule has 1 saturated heterocycles. The highest BCUT2D eigenvalue weighted by molar-refractivity contribution is 7.99. The van der Waals surface area contributed by atoms with E-state index in [1.807, 2.05) is 11.8 Å². The molecular weight excluding hydrogens is 242 g/mol. The number of benzene rings is 1. The fourth-order valence-electron chi connectivity index (χ4n) is 2.74. The van der Waals surface area contributed by atoms with Crippen molar-refractivity contribution in [3.05, 3.63) is 23.8 Å². The predicted octanol–water partition coefficient (Wildman–Crippen LogP) is 3.71. The molecule has 0 spiro atoms. The van der Waals surface area contributed by atoms with E-state index >= 15 is 0 Å². The van der Waals surface area contributed by atoms with Crippen LogP contribution in [0.25, 0.3) is 0 Å². The summed E-state index contributed by atoms with van der Waals surface area (Å²) in [6.07, 6.45) is 4.67. The molecule has 2 heterocycles. The minimum absolute atomic E-state index is 0.0395. The smallest absolute Gasteiger partial charge is 0.125 e. The van der Waals surface area contributed by atoms with Crippen molar-refractivity contribution < 1.29 is 4.74 Å². The number of hydrogen-bond acceptors (Lipinski definition) is 3. The Morgan fingerprint density at radius 2 is 2.11 bits per heavy atom. The first kappa shape index (κ1) is 12.2. The van der Waals surface area contributed by atoms with E-state index in [0.717, 1.165) is 31.6 Å². The predicted molar refractivity (Wildman–Crippen MR) is 78.8 cm³/mol. The van der Waals surface area contributed by atoms with Gasteiger partial charge >= 0.3 is 0 Å². The van der Waals surface area contributed by atoms with E-state index in [1.165, 1.54) is 29.2 Å². The first-order chi connectivity index (χ1) is 8.77. The zero-order valence-corrected chi connectivity index (χ0v) is 11.8. The molecule has 3 heteroatoms. The zero-order valence-electron chi connectivity index (χ0n) is 11.0. The van der Waals surface area contributed by atoms with Crippen molar-refractivity contribution in [3.63, 3.8) is 0 Å². The number of anilines is 1. The second-order valence-corrected chi connectivity index (χ2v) is 6.70. The van der Waals surface area contributed by atoms with Crippen molar-refractivity contribution in [2.24, 2.45) is 0 Å². The van der Waals surface area contributed by atoms with Gasteiger partial charge in [0.1, 0.15) is 11.4 Å². The molecule has 0 unspecified atom stereocenters. The Morgan fingerprint density at radius 3 is 2.94 bits per heavy atom. The van der Waals surface area contributed by atoms with Crippen LogP contribution < -0.4 is 10.1 Å². The SMILES string of the molecule is CC1(Oc2cccc3c2CCCN3)CCSCC1. The third-order valence-electron chi connectivity index (χ3n) is 3.96. The summed E-state index contributed by atoms with van der Waals surface area (Å²) in [5, 5.41) is 3.47. The molecule has 0 saturated carbocycles. The molecule has 0 bridgehead atoms. The fraction of sp³-hybridized carbons (Fsp3) is 0.600. The Balaban J connectivity index is 1.83. The zero-order chi connectivity index (χ0) is 12.4. The first-order valence-corrected chi connectivity index (χ1v) is 8.05. The van der Waals surface area contributed by atoms with E-state index in [-0.39, 0.29) is 5.60 Å². The fourth-order valence-corrected chi connectivity index (χ4v) is 4.10. The van der Waals surface area contributed by atoms with Gasteiger partial charge in [0.05, 0.1) is 0 Å². The van der Waals surface area contributed by atoms with E-state index in [0.29, 0.717) is 0 Å². The molecule has 0 aliphatic carbocycles. The summed E-state index contributed by atoms with van der Waals surface area (Å²) in [4.78, 5) is 0. The van der Waals surface area contributed by atoms with Gasteiger partial charge in [0.25, 0.3) is 0 Å². The summed E-state index contributed by atoms with van der Waals surface area (Å²) >= 11 is 2.04. The van der Waals surface area contributed by atoms with E-state index in [2.05, 4.69) is 30.4 Å². The summed E-state index contributed by atoms with van der Waals surface area (Å²) in [6, 6.07) is 6.41. The number of hydrogen-bond donors (Lipinski definition) is 1. The van der Waals surface area contributed by atoms with Crippen molar-refractivity contribution in [2.75, 3.05) is 23.4 Å². The average Bonchev–Trinajstić information content (AvgIpc) is 2.40. The molecule has 0 amide bonds. The Bertz CT molecular complexity index is 427. The van der Waals surface area contributed by atoms with Gasteiger partial charge < -0.3 is 10.1 Å². The molecule has 0 aromatic heterocycles. The molecule has 0 atom stereocenters.